The summed E-state index contributed by atoms with van der Waals surface area (Å²) in [5, 5.41) is 7.78. The fourth-order valence-corrected chi connectivity index (χ4v) is 2.75. The Morgan fingerprint density at radius 2 is 1.93 bits per heavy atom. The highest BCUT2D eigenvalue weighted by molar-refractivity contribution is 7.13. The lowest BCUT2D eigenvalue weighted by Crippen LogP contribution is -2.21. The number of aromatic nitrogens is 1. The number of halogens is 2. The van der Waals surface area contributed by atoms with Crippen LogP contribution in [0.5, 0.6) is 5.75 Å². The van der Waals surface area contributed by atoms with Gasteiger partial charge < -0.3 is 20.1 Å². The van der Waals surface area contributed by atoms with E-state index in [9.17, 15) is 18.4 Å². The summed E-state index contributed by atoms with van der Waals surface area (Å²) in [4.78, 5) is 28.0. The highest BCUT2D eigenvalue weighted by Crippen LogP contribution is 2.18. The van der Waals surface area contributed by atoms with Crippen LogP contribution in [0.3, 0.4) is 0 Å². The maximum atomic E-state index is 12.1. The van der Waals surface area contributed by atoms with E-state index >= 15 is 0 Å². The van der Waals surface area contributed by atoms with Crippen molar-refractivity contribution in [1.82, 2.24) is 4.98 Å². The van der Waals surface area contributed by atoms with Crippen molar-refractivity contribution >= 4 is 34.0 Å². The molecule has 0 saturated carbocycles. The van der Waals surface area contributed by atoms with Crippen LogP contribution in [0.25, 0.3) is 0 Å². The predicted octanol–water partition coefficient (Wildman–Crippen LogP) is 4.00. The molecule has 0 atom stereocenters. The van der Waals surface area contributed by atoms with Gasteiger partial charge in [0.05, 0.1) is 0 Å². The molecule has 0 bridgehead atoms. The van der Waals surface area contributed by atoms with Crippen LogP contribution in [0.2, 0.25) is 0 Å². The van der Waals surface area contributed by atoms with Crippen LogP contribution in [0.15, 0.2) is 29.6 Å². The first kappa shape index (κ1) is 21.5. The quantitative estimate of drug-likeness (QED) is 0.573. The molecule has 0 radical (unpaired) electrons. The van der Waals surface area contributed by atoms with Gasteiger partial charge in [0, 0.05) is 17.6 Å². The van der Waals surface area contributed by atoms with Gasteiger partial charge in [-0.2, -0.15) is 8.78 Å². The number of amides is 1. The smallest absolute Gasteiger partial charge is 0.387 e. The lowest BCUT2D eigenvalue weighted by atomic mass is 10.1. The average molecular weight is 413 g/mol. The molecule has 0 fully saturated rings. The summed E-state index contributed by atoms with van der Waals surface area (Å²) in [6.45, 7) is 1.56. The van der Waals surface area contributed by atoms with Crippen LogP contribution in [0, 0.1) is 5.92 Å². The van der Waals surface area contributed by atoms with E-state index in [0.29, 0.717) is 16.7 Å². The Balaban J connectivity index is 1.76. The van der Waals surface area contributed by atoms with Crippen molar-refractivity contribution < 1.29 is 27.8 Å². The highest BCUT2D eigenvalue weighted by Gasteiger charge is 2.14. The Morgan fingerprint density at radius 1 is 1.21 bits per heavy atom. The summed E-state index contributed by atoms with van der Waals surface area (Å²) in [6, 6.07) is 5.37. The Morgan fingerprint density at radius 3 is 2.57 bits per heavy atom. The van der Waals surface area contributed by atoms with Gasteiger partial charge in [-0.3, -0.25) is 4.79 Å². The number of hydrogen-bond donors (Lipinski definition) is 2. The minimum atomic E-state index is -2.92. The molecular weight excluding hydrogens is 392 g/mol. The number of ether oxygens (including phenoxy) is 2. The van der Waals surface area contributed by atoms with E-state index in [1.54, 1.807) is 5.38 Å². The first-order chi connectivity index (χ1) is 13.3. The van der Waals surface area contributed by atoms with Crippen molar-refractivity contribution in [2.45, 2.75) is 26.9 Å². The number of nitrogens with one attached hydrogen (secondary N) is 2. The van der Waals surface area contributed by atoms with Gasteiger partial charge in [-0.25, -0.2) is 9.78 Å². The standard InChI is InChI=1S/C18H21F2N3O4S/c1-11(2)7-8-21-18-23-14(10-28-18)16(25)26-9-15(24)22-12-3-5-13(6-4-12)27-17(19)20/h3-6,10-11,17H,7-9H2,1-2H3,(H,21,23)(H,22,24). The fourth-order valence-electron chi connectivity index (χ4n) is 2.04. The van der Waals surface area contributed by atoms with Crippen molar-refractivity contribution in [2.75, 3.05) is 23.8 Å². The second kappa shape index (κ2) is 10.5. The van der Waals surface area contributed by atoms with Crippen molar-refractivity contribution in [3.05, 3.63) is 35.3 Å². The number of benzene rings is 1. The van der Waals surface area contributed by atoms with Crippen LogP contribution in [-0.2, 0) is 9.53 Å². The van der Waals surface area contributed by atoms with Gasteiger partial charge in [0.1, 0.15) is 5.75 Å². The molecule has 0 aliphatic heterocycles. The number of alkyl halides is 2. The predicted molar refractivity (Wildman–Crippen MR) is 102 cm³/mol. The Kier molecular flexibility index (Phi) is 8.12. The summed E-state index contributed by atoms with van der Waals surface area (Å²) < 4.78 is 33.3. The minimum Gasteiger partial charge on any atom is -0.451 e. The van der Waals surface area contributed by atoms with E-state index in [2.05, 4.69) is 34.2 Å². The molecule has 28 heavy (non-hydrogen) atoms. The molecule has 0 unspecified atom stereocenters. The van der Waals surface area contributed by atoms with Crippen LogP contribution >= 0.6 is 11.3 Å². The third-order valence-corrected chi connectivity index (χ3v) is 4.21. The van der Waals surface area contributed by atoms with Crippen LogP contribution in [0.4, 0.5) is 19.6 Å². The van der Waals surface area contributed by atoms with Crippen molar-refractivity contribution in [2.24, 2.45) is 5.92 Å². The molecule has 1 heterocycles. The third-order valence-electron chi connectivity index (χ3n) is 3.41. The zero-order chi connectivity index (χ0) is 20.5. The molecule has 10 heteroatoms. The van der Waals surface area contributed by atoms with Crippen molar-refractivity contribution in [1.29, 1.82) is 0 Å². The largest absolute Gasteiger partial charge is 0.451 e. The number of nitrogens with zero attached hydrogens (tertiary/aromatic N) is 1. The molecule has 0 saturated heterocycles. The lowest BCUT2D eigenvalue weighted by molar-refractivity contribution is -0.119. The topological polar surface area (TPSA) is 89.5 Å². The van der Waals surface area contributed by atoms with E-state index in [1.165, 1.54) is 35.6 Å². The van der Waals surface area contributed by atoms with Gasteiger partial charge in [0.2, 0.25) is 0 Å². The maximum Gasteiger partial charge on any atom is 0.387 e. The summed E-state index contributed by atoms with van der Waals surface area (Å²) in [7, 11) is 0. The first-order valence-electron chi connectivity index (χ1n) is 8.54. The van der Waals surface area contributed by atoms with Crippen molar-refractivity contribution in [3.63, 3.8) is 0 Å². The molecule has 2 rings (SSSR count). The zero-order valence-corrected chi connectivity index (χ0v) is 16.2. The molecule has 2 N–H and O–H groups in total. The van der Waals surface area contributed by atoms with E-state index < -0.39 is 25.1 Å². The Bertz CT molecular complexity index is 781. The Hall–Kier alpha value is -2.75. The van der Waals surface area contributed by atoms with E-state index in [4.69, 9.17) is 4.74 Å². The van der Waals surface area contributed by atoms with Gasteiger partial charge >= 0.3 is 12.6 Å². The molecule has 1 aromatic heterocycles. The molecule has 1 amide bonds. The van der Waals surface area contributed by atoms with Gasteiger partial charge in [-0.1, -0.05) is 13.8 Å². The number of rotatable bonds is 10. The van der Waals surface area contributed by atoms with Crippen LogP contribution in [-0.4, -0.2) is 36.6 Å². The number of esters is 1. The molecule has 7 nitrogen and oxygen atoms in total. The minimum absolute atomic E-state index is 0.0271. The molecule has 2 aromatic rings. The fraction of sp³-hybridized carbons (Fsp3) is 0.389. The van der Waals surface area contributed by atoms with Gasteiger partial charge in [-0.05, 0) is 36.6 Å². The van der Waals surface area contributed by atoms with Gasteiger partial charge in [0.15, 0.2) is 17.4 Å². The van der Waals surface area contributed by atoms with Crippen LogP contribution in [0.1, 0.15) is 30.8 Å². The average Bonchev–Trinajstić information content (AvgIpc) is 3.09. The second-order valence-electron chi connectivity index (χ2n) is 6.17. The molecule has 152 valence electrons. The zero-order valence-electron chi connectivity index (χ0n) is 15.4. The summed E-state index contributed by atoms with van der Waals surface area (Å²) >= 11 is 1.28. The number of thiazole rings is 1. The SMILES string of the molecule is CC(C)CCNc1nc(C(=O)OCC(=O)Nc2ccc(OC(F)F)cc2)cs1. The van der Waals surface area contributed by atoms with E-state index in [1.807, 2.05) is 0 Å². The normalized spacial score (nSPS) is 10.8. The summed E-state index contributed by atoms with van der Waals surface area (Å²) in [5.74, 6) is -0.741. The van der Waals surface area contributed by atoms with Gasteiger partial charge in [0.25, 0.3) is 5.91 Å². The lowest BCUT2D eigenvalue weighted by Gasteiger charge is -2.08. The number of carbonyl (C=O) groups excluding carboxylic acids is 2. The molecule has 0 aliphatic rings. The number of hydrogen-bond acceptors (Lipinski definition) is 7. The highest BCUT2D eigenvalue weighted by atomic mass is 32.1. The second-order valence-corrected chi connectivity index (χ2v) is 7.03. The summed E-state index contributed by atoms with van der Waals surface area (Å²) in [5.41, 5.74) is 0.478. The van der Waals surface area contributed by atoms with Crippen LogP contribution < -0.4 is 15.4 Å². The maximum absolute atomic E-state index is 12.1. The number of anilines is 2. The molecule has 0 spiro atoms. The monoisotopic (exact) mass is 413 g/mol. The molecule has 1 aromatic carbocycles. The number of carbonyl (C=O) groups is 2. The van der Waals surface area contributed by atoms with E-state index in [0.717, 1.165) is 13.0 Å². The van der Waals surface area contributed by atoms with Gasteiger partial charge in [-0.15, -0.1) is 11.3 Å². The van der Waals surface area contributed by atoms with Crippen molar-refractivity contribution in [3.8, 4) is 5.75 Å². The first-order valence-corrected chi connectivity index (χ1v) is 9.42. The molecule has 0 aliphatic carbocycles. The Labute approximate surface area is 165 Å². The summed E-state index contributed by atoms with van der Waals surface area (Å²) in [6.07, 6.45) is 0.981. The third kappa shape index (κ3) is 7.47. The molecular formula is C18H21F2N3O4S. The van der Waals surface area contributed by atoms with E-state index in [-0.39, 0.29) is 11.4 Å².